The number of halogens is 1. The number of anilines is 1. The molecule has 1 aromatic rings. The van der Waals surface area contributed by atoms with Gasteiger partial charge in [-0.1, -0.05) is 40.7 Å². The molecule has 194 valence electrons. The molecule has 0 saturated carbocycles. The number of carboxylic acid groups (broad SMARTS) is 1. The van der Waals surface area contributed by atoms with Crippen LogP contribution in [-0.2, 0) is 28.8 Å². The molecule has 1 saturated heterocycles. The van der Waals surface area contributed by atoms with Crippen LogP contribution in [0.2, 0.25) is 4.34 Å². The number of ether oxygens (including phenoxy) is 1. The van der Waals surface area contributed by atoms with Crippen molar-refractivity contribution in [3.8, 4) is 0 Å². The van der Waals surface area contributed by atoms with Gasteiger partial charge in [0.25, 0.3) is 11.8 Å². The van der Waals surface area contributed by atoms with Gasteiger partial charge in [0.1, 0.15) is 32.7 Å². The zero-order valence-corrected chi connectivity index (χ0v) is 22.1. The molecule has 0 aliphatic carbocycles. The Morgan fingerprint density at radius 3 is 2.61 bits per heavy atom. The van der Waals surface area contributed by atoms with Crippen LogP contribution in [-0.4, -0.2) is 73.3 Å². The highest BCUT2D eigenvalue weighted by molar-refractivity contribution is 8.00. The summed E-state index contributed by atoms with van der Waals surface area (Å²) in [6, 6.07) is -1.05. The van der Waals surface area contributed by atoms with Crippen molar-refractivity contribution in [2.75, 3.05) is 11.5 Å². The Bertz CT molecular complexity index is 1190. The number of fused-ring (bicyclic) bond motifs is 1. The number of oxime groups is 1. The average molecular weight is 558 g/mol. The fraction of sp³-hybridized carbons (Fsp3) is 0.429. The Labute approximate surface area is 219 Å². The van der Waals surface area contributed by atoms with E-state index in [1.165, 1.54) is 24.8 Å². The van der Waals surface area contributed by atoms with E-state index in [2.05, 4.69) is 22.0 Å². The number of β-lactam (4-membered cyclic amide) rings is 1. The average Bonchev–Trinajstić information content (AvgIpc) is 3.12. The quantitative estimate of drug-likeness (QED) is 0.185. The summed E-state index contributed by atoms with van der Waals surface area (Å²) in [6.45, 7) is 10.0. The number of nitrogens with zero attached hydrogens (tertiary/aromatic N) is 3. The molecule has 1 fully saturated rings. The summed E-state index contributed by atoms with van der Waals surface area (Å²) in [4.78, 5) is 60.2. The minimum Gasteiger partial charge on any atom is -0.477 e. The summed E-state index contributed by atoms with van der Waals surface area (Å²) in [6.07, 6.45) is 0.200. The van der Waals surface area contributed by atoms with Crippen molar-refractivity contribution in [3.05, 3.63) is 34.0 Å². The molecule has 0 spiro atoms. The van der Waals surface area contributed by atoms with E-state index in [1.807, 2.05) is 0 Å². The number of carbonyl (C=O) groups excluding carboxylic acids is 3. The molecule has 3 heterocycles. The minimum atomic E-state index is -1.27. The highest BCUT2D eigenvalue weighted by Crippen LogP contribution is 2.40. The summed E-state index contributed by atoms with van der Waals surface area (Å²) in [7, 11) is 0. The first-order valence-corrected chi connectivity index (χ1v) is 12.7. The van der Waals surface area contributed by atoms with E-state index in [1.54, 1.807) is 20.8 Å². The first-order chi connectivity index (χ1) is 16.7. The number of rotatable bonds is 8. The minimum absolute atomic E-state index is 0.0373. The van der Waals surface area contributed by atoms with Crippen LogP contribution in [0.25, 0.3) is 0 Å². The molecule has 3 atom stereocenters. The third-order valence-corrected chi connectivity index (χ3v) is 7.20. The Hall–Kier alpha value is -3.10. The topological polar surface area (TPSA) is 174 Å². The van der Waals surface area contributed by atoms with E-state index in [0.29, 0.717) is 5.57 Å². The van der Waals surface area contributed by atoms with Crippen LogP contribution in [0.15, 0.2) is 29.1 Å². The molecule has 12 nitrogen and oxygen atoms in total. The molecule has 2 amide bonds. The van der Waals surface area contributed by atoms with Crippen molar-refractivity contribution in [1.82, 2.24) is 15.2 Å². The van der Waals surface area contributed by atoms with Crippen LogP contribution in [0.4, 0.5) is 5.13 Å². The maximum absolute atomic E-state index is 13.2. The lowest BCUT2D eigenvalue weighted by atomic mass is 10.0. The van der Waals surface area contributed by atoms with Gasteiger partial charge in [-0.05, 0) is 33.3 Å². The lowest BCUT2D eigenvalue weighted by Crippen LogP contribution is -2.71. The number of esters is 1. The zero-order chi connectivity index (χ0) is 26.9. The fourth-order valence-electron chi connectivity index (χ4n) is 3.22. The zero-order valence-electron chi connectivity index (χ0n) is 19.7. The summed E-state index contributed by atoms with van der Waals surface area (Å²) in [5, 5.41) is 15.3. The number of hydrogen-bond donors (Lipinski definition) is 3. The molecule has 1 aromatic heterocycles. The summed E-state index contributed by atoms with van der Waals surface area (Å²) in [5.41, 5.74) is 4.63. The monoisotopic (exact) mass is 557 g/mol. The number of allylic oxidation sites excluding steroid dienone is 1. The summed E-state index contributed by atoms with van der Waals surface area (Å²) >= 11 is 8.33. The molecular weight excluding hydrogens is 534 g/mol. The fourth-order valence-corrected chi connectivity index (χ4v) is 5.49. The number of carbonyl (C=O) groups is 4. The number of aromatic nitrogens is 1. The van der Waals surface area contributed by atoms with Crippen molar-refractivity contribution in [2.45, 2.75) is 50.8 Å². The van der Waals surface area contributed by atoms with Crippen molar-refractivity contribution >= 4 is 69.3 Å². The predicted octanol–water partition coefficient (Wildman–Crippen LogP) is 1.75. The van der Waals surface area contributed by atoms with Gasteiger partial charge in [0.15, 0.2) is 10.8 Å². The molecule has 15 heteroatoms. The highest BCUT2D eigenvalue weighted by Gasteiger charge is 2.54. The molecule has 0 aromatic carbocycles. The van der Waals surface area contributed by atoms with E-state index < -0.39 is 52.6 Å². The SMILES string of the molecule is C=CC1=C(C(=O)O)N2C(=O)C(NC(=O)C(=NOC(C)C(=O)OC(C)(C)C)c3nc(N)sc3Cl)[C@@H]2SC1. The second-order valence-corrected chi connectivity index (χ2v) is 11.4. The third kappa shape index (κ3) is 5.65. The van der Waals surface area contributed by atoms with Gasteiger partial charge in [-0.25, -0.2) is 14.6 Å². The number of aliphatic carboxylic acids is 1. The van der Waals surface area contributed by atoms with E-state index in [0.717, 1.165) is 16.2 Å². The van der Waals surface area contributed by atoms with Crippen molar-refractivity contribution in [1.29, 1.82) is 0 Å². The Balaban J connectivity index is 1.83. The van der Waals surface area contributed by atoms with Crippen molar-refractivity contribution in [2.24, 2.45) is 5.16 Å². The number of nitrogens with one attached hydrogen (secondary N) is 1. The largest absolute Gasteiger partial charge is 0.477 e. The third-order valence-electron chi connectivity index (χ3n) is 4.82. The molecule has 0 radical (unpaired) electrons. The standard InChI is InChI=1S/C21H24ClN5O7S2/c1-6-9-7-35-17-12(16(29)27(17)13(9)18(30)31)24-15(28)11(10-14(22)36-20(23)25-10)26-34-8(2)19(32)33-21(3,4)5/h6,8,12,17H,1,7H2,2-5H3,(H2,23,25)(H,24,28)(H,30,31)/t8?,12?,17-/m0/s1. The van der Waals surface area contributed by atoms with Crippen LogP contribution in [0.1, 0.15) is 33.4 Å². The van der Waals surface area contributed by atoms with Crippen LogP contribution in [0, 0.1) is 0 Å². The van der Waals surface area contributed by atoms with Crippen LogP contribution in [0.3, 0.4) is 0 Å². The van der Waals surface area contributed by atoms with Gasteiger partial charge < -0.3 is 25.7 Å². The van der Waals surface area contributed by atoms with Gasteiger partial charge in [-0.3, -0.25) is 14.5 Å². The van der Waals surface area contributed by atoms with Gasteiger partial charge in [0, 0.05) is 5.75 Å². The van der Waals surface area contributed by atoms with Crippen molar-refractivity contribution in [3.63, 3.8) is 0 Å². The lowest BCUT2D eigenvalue weighted by molar-refractivity contribution is -0.167. The molecule has 2 aliphatic heterocycles. The molecule has 3 rings (SSSR count). The molecule has 0 bridgehead atoms. The van der Waals surface area contributed by atoms with Gasteiger partial charge in [0.2, 0.25) is 6.10 Å². The second-order valence-electron chi connectivity index (χ2n) is 8.64. The van der Waals surface area contributed by atoms with Crippen LogP contribution >= 0.6 is 34.7 Å². The van der Waals surface area contributed by atoms with Crippen LogP contribution < -0.4 is 11.1 Å². The normalized spacial score (nSPS) is 20.8. The van der Waals surface area contributed by atoms with E-state index in [4.69, 9.17) is 26.9 Å². The first kappa shape index (κ1) is 27.5. The van der Waals surface area contributed by atoms with E-state index in [-0.39, 0.29) is 26.6 Å². The summed E-state index contributed by atoms with van der Waals surface area (Å²) < 4.78 is 5.27. The second kappa shape index (κ2) is 10.5. The number of nitrogen functional groups attached to an aromatic ring is 1. The highest BCUT2D eigenvalue weighted by atomic mass is 35.5. The summed E-state index contributed by atoms with van der Waals surface area (Å²) in [5.74, 6) is -3.21. The smallest absolute Gasteiger partial charge is 0.352 e. The molecule has 4 N–H and O–H groups in total. The Morgan fingerprint density at radius 1 is 1.42 bits per heavy atom. The van der Waals surface area contributed by atoms with E-state index >= 15 is 0 Å². The lowest BCUT2D eigenvalue weighted by Gasteiger charge is -2.49. The first-order valence-electron chi connectivity index (χ1n) is 10.5. The molecule has 36 heavy (non-hydrogen) atoms. The van der Waals surface area contributed by atoms with Gasteiger partial charge >= 0.3 is 11.9 Å². The van der Waals surface area contributed by atoms with Crippen molar-refractivity contribution < 1.29 is 33.9 Å². The predicted molar refractivity (Wildman–Crippen MR) is 134 cm³/mol. The van der Waals surface area contributed by atoms with Gasteiger partial charge in [0.05, 0.1) is 0 Å². The van der Waals surface area contributed by atoms with Gasteiger partial charge in [-0.2, -0.15) is 0 Å². The number of hydrogen-bond acceptors (Lipinski definition) is 11. The number of thioether (sulfide) groups is 1. The Morgan fingerprint density at radius 2 is 2.08 bits per heavy atom. The van der Waals surface area contributed by atoms with Gasteiger partial charge in [-0.15, -0.1) is 11.8 Å². The maximum atomic E-state index is 13.2. The maximum Gasteiger partial charge on any atom is 0.352 e. The van der Waals surface area contributed by atoms with Crippen LogP contribution in [0.5, 0.6) is 0 Å². The molecular formula is C21H24ClN5O7S2. The van der Waals surface area contributed by atoms with E-state index in [9.17, 15) is 24.3 Å². The number of amides is 2. The number of nitrogens with two attached hydrogens (primary N) is 1. The number of carboxylic acids is 1. The Kier molecular flexibility index (Phi) is 8.00. The molecule has 2 aliphatic rings. The molecule has 2 unspecified atom stereocenters. The number of thiazole rings is 1.